The van der Waals surface area contributed by atoms with Crippen LogP contribution in [0.3, 0.4) is 0 Å². The molecule has 2 aromatic carbocycles. The summed E-state index contributed by atoms with van der Waals surface area (Å²) in [6.45, 7) is 1.90. The van der Waals surface area contributed by atoms with Gasteiger partial charge in [-0.2, -0.15) is 0 Å². The summed E-state index contributed by atoms with van der Waals surface area (Å²) in [5.41, 5.74) is 0.982. The van der Waals surface area contributed by atoms with Crippen molar-refractivity contribution in [3.63, 3.8) is 0 Å². The number of carbonyl (C=O) groups is 2. The Kier molecular flexibility index (Phi) is 6.83. The summed E-state index contributed by atoms with van der Waals surface area (Å²) in [6, 6.07) is 18.6. The lowest BCUT2D eigenvalue weighted by Gasteiger charge is -2.16. The van der Waals surface area contributed by atoms with Crippen molar-refractivity contribution < 1.29 is 19.1 Å². The minimum atomic E-state index is -0.727. The molecule has 0 aliphatic carbocycles. The highest BCUT2D eigenvalue weighted by Crippen LogP contribution is 2.13. The fourth-order valence-electron chi connectivity index (χ4n) is 2.04. The third kappa shape index (κ3) is 5.76. The summed E-state index contributed by atoms with van der Waals surface area (Å²) >= 11 is 0. The van der Waals surface area contributed by atoms with E-state index in [1.165, 1.54) is 0 Å². The van der Waals surface area contributed by atoms with E-state index in [1.807, 2.05) is 55.5 Å². The molecule has 1 atom stereocenters. The number of amides is 1. The van der Waals surface area contributed by atoms with Crippen LogP contribution in [0.5, 0.6) is 5.75 Å². The maximum Gasteiger partial charge on any atom is 0.347 e. The van der Waals surface area contributed by atoms with Crippen molar-refractivity contribution in [3.8, 4) is 5.75 Å². The topological polar surface area (TPSA) is 64.6 Å². The molecule has 0 heterocycles. The van der Waals surface area contributed by atoms with E-state index in [0.717, 1.165) is 5.56 Å². The average Bonchev–Trinajstić information content (AvgIpc) is 2.64. The van der Waals surface area contributed by atoms with Gasteiger partial charge in [-0.3, -0.25) is 4.79 Å². The van der Waals surface area contributed by atoms with Gasteiger partial charge in [-0.15, -0.1) is 0 Å². The predicted molar refractivity (Wildman–Crippen MR) is 90.4 cm³/mol. The van der Waals surface area contributed by atoms with Crippen molar-refractivity contribution in [3.05, 3.63) is 66.2 Å². The van der Waals surface area contributed by atoms with Crippen molar-refractivity contribution >= 4 is 11.9 Å². The normalized spacial score (nSPS) is 11.4. The van der Waals surface area contributed by atoms with Gasteiger partial charge in [0.1, 0.15) is 5.75 Å². The zero-order valence-corrected chi connectivity index (χ0v) is 13.6. The monoisotopic (exact) mass is 327 g/mol. The molecule has 5 heteroatoms. The lowest BCUT2D eigenvalue weighted by atomic mass is 10.2. The van der Waals surface area contributed by atoms with Crippen LogP contribution in [0.15, 0.2) is 60.7 Å². The van der Waals surface area contributed by atoms with Crippen molar-refractivity contribution in [2.24, 2.45) is 0 Å². The van der Waals surface area contributed by atoms with Gasteiger partial charge in [0.25, 0.3) is 5.91 Å². The standard InChI is InChI=1S/C19H21NO4/c1-2-17(24-16-11-7-4-8-12-16)19(22)23-14-18(21)20-13-15-9-5-3-6-10-15/h3-12,17H,2,13-14H2,1H3,(H,20,21)/t17-/m0/s1. The van der Waals surface area contributed by atoms with E-state index in [-0.39, 0.29) is 12.5 Å². The Balaban J connectivity index is 1.75. The summed E-state index contributed by atoms with van der Waals surface area (Å²) in [4.78, 5) is 23.8. The highest BCUT2D eigenvalue weighted by Gasteiger charge is 2.21. The van der Waals surface area contributed by atoms with E-state index in [0.29, 0.717) is 18.7 Å². The summed E-state index contributed by atoms with van der Waals surface area (Å²) in [5, 5.41) is 2.70. The molecule has 0 aliphatic heterocycles. The molecule has 5 nitrogen and oxygen atoms in total. The van der Waals surface area contributed by atoms with E-state index >= 15 is 0 Å². The molecule has 24 heavy (non-hydrogen) atoms. The maximum absolute atomic E-state index is 12.0. The van der Waals surface area contributed by atoms with E-state index in [4.69, 9.17) is 9.47 Å². The fourth-order valence-corrected chi connectivity index (χ4v) is 2.04. The third-order valence-corrected chi connectivity index (χ3v) is 3.33. The Labute approximate surface area is 141 Å². The number of hydrogen-bond acceptors (Lipinski definition) is 4. The van der Waals surface area contributed by atoms with Crippen LogP contribution in [0, 0.1) is 0 Å². The minimum Gasteiger partial charge on any atom is -0.479 e. The number of benzene rings is 2. The second-order valence-corrected chi connectivity index (χ2v) is 5.20. The molecular weight excluding hydrogens is 306 g/mol. The van der Waals surface area contributed by atoms with Crippen LogP contribution in [0.2, 0.25) is 0 Å². The Morgan fingerprint density at radius 3 is 2.25 bits per heavy atom. The average molecular weight is 327 g/mol. The fraction of sp³-hybridized carbons (Fsp3) is 0.263. The molecule has 1 amide bonds. The Hall–Kier alpha value is -2.82. The van der Waals surface area contributed by atoms with E-state index in [2.05, 4.69) is 5.32 Å². The van der Waals surface area contributed by atoms with Gasteiger partial charge in [-0.25, -0.2) is 4.79 Å². The molecule has 0 aliphatic rings. The van der Waals surface area contributed by atoms with Gasteiger partial charge in [0.15, 0.2) is 12.7 Å². The molecule has 0 spiro atoms. The van der Waals surface area contributed by atoms with Gasteiger partial charge in [0, 0.05) is 6.54 Å². The van der Waals surface area contributed by atoms with Gasteiger partial charge >= 0.3 is 5.97 Å². The first-order valence-corrected chi connectivity index (χ1v) is 7.88. The van der Waals surface area contributed by atoms with Crippen LogP contribution in [0.1, 0.15) is 18.9 Å². The quantitative estimate of drug-likeness (QED) is 0.757. The number of para-hydroxylation sites is 1. The second-order valence-electron chi connectivity index (χ2n) is 5.20. The van der Waals surface area contributed by atoms with Crippen LogP contribution in [0.4, 0.5) is 0 Å². The zero-order valence-electron chi connectivity index (χ0n) is 13.6. The highest BCUT2D eigenvalue weighted by atomic mass is 16.6. The van der Waals surface area contributed by atoms with Crippen molar-refractivity contribution in [2.45, 2.75) is 26.0 Å². The first-order valence-electron chi connectivity index (χ1n) is 7.88. The van der Waals surface area contributed by atoms with E-state index in [9.17, 15) is 9.59 Å². The number of nitrogens with one attached hydrogen (secondary N) is 1. The van der Waals surface area contributed by atoms with Crippen LogP contribution in [-0.2, 0) is 20.9 Å². The summed E-state index contributed by atoms with van der Waals surface area (Å²) in [6.07, 6.45) is -0.270. The number of carbonyl (C=O) groups excluding carboxylic acids is 2. The molecule has 0 radical (unpaired) electrons. The van der Waals surface area contributed by atoms with Crippen LogP contribution in [0.25, 0.3) is 0 Å². The minimum absolute atomic E-state index is 0.319. The molecular formula is C19H21NO4. The summed E-state index contributed by atoms with van der Waals surface area (Å²) in [5.74, 6) is -0.298. The van der Waals surface area contributed by atoms with Gasteiger partial charge in [0.05, 0.1) is 0 Å². The molecule has 1 N–H and O–H groups in total. The zero-order chi connectivity index (χ0) is 17.2. The SMILES string of the molecule is CC[C@H](Oc1ccccc1)C(=O)OCC(=O)NCc1ccccc1. The summed E-state index contributed by atoms with van der Waals surface area (Å²) in [7, 11) is 0. The smallest absolute Gasteiger partial charge is 0.347 e. The lowest BCUT2D eigenvalue weighted by Crippen LogP contribution is -2.33. The molecule has 0 aromatic heterocycles. The van der Waals surface area contributed by atoms with Gasteiger partial charge in [0.2, 0.25) is 0 Å². The highest BCUT2D eigenvalue weighted by molar-refractivity contribution is 5.82. The lowest BCUT2D eigenvalue weighted by molar-refractivity contribution is -0.155. The summed E-state index contributed by atoms with van der Waals surface area (Å²) < 4.78 is 10.6. The van der Waals surface area contributed by atoms with Crippen molar-refractivity contribution in [1.29, 1.82) is 0 Å². The molecule has 0 unspecified atom stereocenters. The molecule has 2 aromatic rings. The second kappa shape index (κ2) is 9.35. The third-order valence-electron chi connectivity index (χ3n) is 3.33. The molecule has 0 bridgehead atoms. The molecule has 126 valence electrons. The molecule has 2 rings (SSSR count). The first kappa shape index (κ1) is 17.5. The number of ether oxygens (including phenoxy) is 2. The number of rotatable bonds is 8. The van der Waals surface area contributed by atoms with Gasteiger partial charge in [-0.05, 0) is 24.1 Å². The number of esters is 1. The van der Waals surface area contributed by atoms with Crippen LogP contribution < -0.4 is 10.1 Å². The largest absolute Gasteiger partial charge is 0.479 e. The van der Waals surface area contributed by atoms with Crippen molar-refractivity contribution in [1.82, 2.24) is 5.32 Å². The maximum atomic E-state index is 12.0. The van der Waals surface area contributed by atoms with Crippen molar-refractivity contribution in [2.75, 3.05) is 6.61 Å². The van der Waals surface area contributed by atoms with E-state index < -0.39 is 12.1 Å². The predicted octanol–water partition coefficient (Wildman–Crippen LogP) is 2.70. The Bertz CT molecular complexity index is 643. The number of hydrogen-bond donors (Lipinski definition) is 1. The Morgan fingerprint density at radius 1 is 1.00 bits per heavy atom. The van der Waals surface area contributed by atoms with Crippen LogP contribution in [-0.4, -0.2) is 24.6 Å². The van der Waals surface area contributed by atoms with Gasteiger partial charge < -0.3 is 14.8 Å². The Morgan fingerprint density at radius 2 is 1.62 bits per heavy atom. The van der Waals surface area contributed by atoms with E-state index in [1.54, 1.807) is 12.1 Å². The molecule has 0 saturated heterocycles. The molecule has 0 saturated carbocycles. The molecule has 0 fully saturated rings. The first-order chi connectivity index (χ1) is 11.7. The van der Waals surface area contributed by atoms with Gasteiger partial charge in [-0.1, -0.05) is 55.5 Å². The van der Waals surface area contributed by atoms with Crippen LogP contribution >= 0.6 is 0 Å².